The Bertz CT molecular complexity index is 453. The van der Waals surface area contributed by atoms with Gasteiger partial charge in [0.2, 0.25) is 0 Å². The van der Waals surface area contributed by atoms with E-state index in [2.05, 4.69) is 5.32 Å². The number of alkyl carbamates (subject to hydrolysis) is 1. The Kier molecular flexibility index (Phi) is 6.50. The van der Waals surface area contributed by atoms with E-state index in [-0.39, 0.29) is 13.1 Å². The fraction of sp³-hybridized carbons (Fsp3) is 0.882. The lowest BCUT2D eigenvalue weighted by Crippen LogP contribution is -2.52. The van der Waals surface area contributed by atoms with Crippen molar-refractivity contribution in [3.8, 4) is 0 Å². The number of amides is 2. The maximum atomic E-state index is 12.1. The molecule has 0 bridgehead atoms. The first-order valence-electron chi connectivity index (χ1n) is 8.47. The van der Waals surface area contributed by atoms with E-state index in [1.165, 1.54) is 4.90 Å². The van der Waals surface area contributed by atoms with Crippen LogP contribution in [-0.2, 0) is 9.47 Å². The molecule has 1 atom stereocenters. The number of carbonyl (C=O) groups is 2. The molecule has 7 heteroatoms. The van der Waals surface area contributed by atoms with Gasteiger partial charge in [0.05, 0.1) is 12.1 Å². The Morgan fingerprint density at radius 2 is 1.71 bits per heavy atom. The fourth-order valence-corrected chi connectivity index (χ4v) is 2.51. The van der Waals surface area contributed by atoms with Crippen molar-refractivity contribution in [2.24, 2.45) is 0 Å². The highest BCUT2D eigenvalue weighted by Gasteiger charge is 2.36. The van der Waals surface area contributed by atoms with Crippen LogP contribution in [0.2, 0.25) is 0 Å². The minimum Gasteiger partial charge on any atom is -0.444 e. The summed E-state index contributed by atoms with van der Waals surface area (Å²) in [6, 6.07) is 0. The van der Waals surface area contributed by atoms with Gasteiger partial charge in [0.15, 0.2) is 0 Å². The van der Waals surface area contributed by atoms with E-state index in [9.17, 15) is 14.7 Å². The number of piperidine rings is 1. The molecule has 0 radical (unpaired) electrons. The summed E-state index contributed by atoms with van der Waals surface area (Å²) in [4.78, 5) is 25.3. The molecule has 1 heterocycles. The number of hydrogen-bond acceptors (Lipinski definition) is 5. The van der Waals surface area contributed by atoms with Gasteiger partial charge >= 0.3 is 12.2 Å². The highest BCUT2D eigenvalue weighted by Crippen LogP contribution is 2.25. The first-order valence-corrected chi connectivity index (χ1v) is 8.47. The van der Waals surface area contributed by atoms with Gasteiger partial charge in [-0.05, 0) is 60.8 Å². The van der Waals surface area contributed by atoms with Crippen LogP contribution in [0.4, 0.5) is 9.59 Å². The van der Waals surface area contributed by atoms with E-state index in [4.69, 9.17) is 9.47 Å². The van der Waals surface area contributed by atoms with Crippen molar-refractivity contribution in [3.63, 3.8) is 0 Å². The highest BCUT2D eigenvalue weighted by molar-refractivity contribution is 5.68. The number of nitrogens with zero attached hydrogens (tertiary/aromatic N) is 1. The third kappa shape index (κ3) is 7.86. The van der Waals surface area contributed by atoms with Gasteiger partial charge in [0.25, 0.3) is 0 Å². The lowest BCUT2D eigenvalue weighted by atomic mass is 9.90. The molecule has 2 amide bonds. The quantitative estimate of drug-likeness (QED) is 0.822. The van der Waals surface area contributed by atoms with E-state index in [0.29, 0.717) is 25.8 Å². The molecule has 0 aromatic heterocycles. The van der Waals surface area contributed by atoms with Crippen molar-refractivity contribution in [2.45, 2.75) is 77.6 Å². The molecule has 0 saturated carbocycles. The monoisotopic (exact) mass is 344 g/mol. The first-order chi connectivity index (χ1) is 10.8. The minimum atomic E-state index is -1.02. The van der Waals surface area contributed by atoms with Crippen LogP contribution >= 0.6 is 0 Å². The molecule has 0 aromatic carbocycles. The molecule has 140 valence electrons. The summed E-state index contributed by atoms with van der Waals surface area (Å²) in [6.07, 6.45) is 0.711. The summed E-state index contributed by atoms with van der Waals surface area (Å²) < 4.78 is 10.5. The van der Waals surface area contributed by atoms with Crippen LogP contribution in [0.25, 0.3) is 0 Å². The number of hydrogen-bond donors (Lipinski definition) is 2. The van der Waals surface area contributed by atoms with Gasteiger partial charge < -0.3 is 24.8 Å². The lowest BCUT2D eigenvalue weighted by Gasteiger charge is -2.39. The molecule has 24 heavy (non-hydrogen) atoms. The predicted molar refractivity (Wildman–Crippen MR) is 90.8 cm³/mol. The Hall–Kier alpha value is -1.50. The van der Waals surface area contributed by atoms with Crippen molar-refractivity contribution < 1.29 is 24.2 Å². The van der Waals surface area contributed by atoms with Crippen LogP contribution in [0.5, 0.6) is 0 Å². The van der Waals surface area contributed by atoms with Crippen LogP contribution in [0.3, 0.4) is 0 Å². The van der Waals surface area contributed by atoms with Gasteiger partial charge in [0, 0.05) is 13.1 Å². The molecular weight excluding hydrogens is 312 g/mol. The van der Waals surface area contributed by atoms with Crippen LogP contribution in [0.1, 0.15) is 60.8 Å². The SMILES string of the molecule is CC(C)(C)OC(=O)NCCC1(O)CCCN(C(=O)OC(C)(C)C)C1. The van der Waals surface area contributed by atoms with Crippen molar-refractivity contribution >= 4 is 12.2 Å². The van der Waals surface area contributed by atoms with Gasteiger partial charge in [-0.15, -0.1) is 0 Å². The average molecular weight is 344 g/mol. The number of ether oxygens (including phenoxy) is 2. The molecule has 1 aliphatic heterocycles. The molecule has 0 aromatic rings. The van der Waals surface area contributed by atoms with E-state index in [1.54, 1.807) is 20.8 Å². The number of aliphatic hydroxyl groups is 1. The highest BCUT2D eigenvalue weighted by atomic mass is 16.6. The second-order valence-electron chi connectivity index (χ2n) is 8.41. The Morgan fingerprint density at radius 1 is 1.12 bits per heavy atom. The maximum Gasteiger partial charge on any atom is 0.410 e. The minimum absolute atomic E-state index is 0.206. The summed E-state index contributed by atoms with van der Waals surface area (Å²) in [5.74, 6) is 0. The Morgan fingerprint density at radius 3 is 2.25 bits per heavy atom. The normalized spacial score (nSPS) is 22.0. The summed E-state index contributed by atoms with van der Waals surface area (Å²) in [7, 11) is 0. The number of carbonyl (C=O) groups excluding carboxylic acids is 2. The summed E-state index contributed by atoms with van der Waals surface area (Å²) in [5.41, 5.74) is -2.14. The van der Waals surface area contributed by atoms with Gasteiger partial charge in [-0.3, -0.25) is 0 Å². The van der Waals surface area contributed by atoms with Gasteiger partial charge in [0.1, 0.15) is 11.2 Å². The number of likely N-dealkylation sites (tertiary alicyclic amines) is 1. The number of β-amino-alcohol motifs (C(OH)–C–C–N with tert-alkyl or cyclic N) is 1. The smallest absolute Gasteiger partial charge is 0.410 e. The molecule has 7 nitrogen and oxygen atoms in total. The largest absolute Gasteiger partial charge is 0.444 e. The van der Waals surface area contributed by atoms with E-state index < -0.39 is 29.0 Å². The lowest BCUT2D eigenvalue weighted by molar-refractivity contribution is -0.0470. The van der Waals surface area contributed by atoms with E-state index >= 15 is 0 Å². The van der Waals surface area contributed by atoms with Gasteiger partial charge in [-0.1, -0.05) is 0 Å². The first kappa shape index (κ1) is 20.5. The summed E-state index contributed by atoms with van der Waals surface area (Å²) >= 11 is 0. The van der Waals surface area contributed by atoms with Crippen LogP contribution in [-0.4, -0.2) is 58.6 Å². The molecular formula is C17H32N2O5. The standard InChI is InChI=1S/C17H32N2O5/c1-15(2,3)23-13(20)18-10-9-17(22)8-7-11-19(12-17)14(21)24-16(4,5)6/h22H,7-12H2,1-6H3,(H,18,20). The molecule has 1 fully saturated rings. The van der Waals surface area contributed by atoms with Crippen LogP contribution in [0.15, 0.2) is 0 Å². The maximum absolute atomic E-state index is 12.1. The van der Waals surface area contributed by atoms with Gasteiger partial charge in [-0.2, -0.15) is 0 Å². The molecule has 0 spiro atoms. The topological polar surface area (TPSA) is 88.1 Å². The average Bonchev–Trinajstić information content (AvgIpc) is 2.34. The third-order valence-electron chi connectivity index (χ3n) is 3.47. The molecule has 1 aliphatic rings. The third-order valence-corrected chi connectivity index (χ3v) is 3.47. The van der Waals surface area contributed by atoms with E-state index in [0.717, 1.165) is 0 Å². The zero-order valence-electron chi connectivity index (χ0n) is 15.8. The van der Waals surface area contributed by atoms with E-state index in [1.807, 2.05) is 20.8 Å². The molecule has 1 unspecified atom stereocenters. The van der Waals surface area contributed by atoms with Crippen molar-refractivity contribution in [3.05, 3.63) is 0 Å². The Balaban J connectivity index is 2.47. The Labute approximate surface area is 144 Å². The van der Waals surface area contributed by atoms with Gasteiger partial charge in [-0.25, -0.2) is 9.59 Å². The molecule has 1 rings (SSSR count). The second kappa shape index (κ2) is 7.59. The van der Waals surface area contributed by atoms with Crippen molar-refractivity contribution in [1.29, 1.82) is 0 Å². The van der Waals surface area contributed by atoms with Crippen molar-refractivity contribution in [2.75, 3.05) is 19.6 Å². The second-order valence-corrected chi connectivity index (χ2v) is 8.41. The molecule has 1 saturated heterocycles. The molecule has 2 N–H and O–H groups in total. The van der Waals surface area contributed by atoms with Crippen molar-refractivity contribution in [1.82, 2.24) is 10.2 Å². The zero-order valence-corrected chi connectivity index (χ0v) is 15.8. The number of nitrogens with one attached hydrogen (secondary N) is 1. The zero-order chi connectivity index (χ0) is 18.6. The number of rotatable bonds is 3. The van der Waals surface area contributed by atoms with Crippen LogP contribution in [0, 0.1) is 0 Å². The van der Waals surface area contributed by atoms with Crippen LogP contribution < -0.4 is 5.32 Å². The fourth-order valence-electron chi connectivity index (χ4n) is 2.51. The predicted octanol–water partition coefficient (Wildman–Crippen LogP) is 2.66. The molecule has 0 aliphatic carbocycles. The summed E-state index contributed by atoms with van der Waals surface area (Å²) in [6.45, 7) is 11.9. The summed E-state index contributed by atoms with van der Waals surface area (Å²) in [5, 5.41) is 13.3.